The van der Waals surface area contributed by atoms with E-state index in [4.69, 9.17) is 6.57 Å². The third-order valence-corrected chi connectivity index (χ3v) is 7.99. The van der Waals surface area contributed by atoms with Crippen LogP contribution in [0, 0.1) is 23.8 Å². The standard InChI is InChI=1S/C32H34N4/c1-4-5-6-9-18-36-31-11-8-7-10-28(31)29-21-27(16-17-32(29)36)35(3)26-15-14-23-12-13-24(19-25(23)20-26)30(22-33)34-2/h7-8,10-11,16-17,19-21,23H,4-6,9,12-15,18H2,1,3H3/b30-24-. The number of rotatable bonds is 7. The summed E-state index contributed by atoms with van der Waals surface area (Å²) in [7, 11) is 2.16. The van der Waals surface area contributed by atoms with Crippen molar-refractivity contribution in [2.45, 2.75) is 64.8 Å². The SMILES string of the molecule is [C-]#[N+]/C(C#N)=C1\C=C2C=C(N(C)c3ccc4c(c3)c3ccccc3n4CCCCCC)CCC2CC1. The summed E-state index contributed by atoms with van der Waals surface area (Å²) < 4.78 is 2.50. The van der Waals surface area contributed by atoms with E-state index in [1.54, 1.807) is 0 Å². The normalized spacial score (nSPS) is 18.7. The molecule has 0 spiro atoms. The number of anilines is 1. The summed E-state index contributed by atoms with van der Waals surface area (Å²) in [4.78, 5) is 5.77. The molecule has 4 nitrogen and oxygen atoms in total. The molecule has 2 aliphatic rings. The van der Waals surface area contributed by atoms with E-state index in [1.165, 1.54) is 64.4 Å². The van der Waals surface area contributed by atoms with Crippen LogP contribution in [0.25, 0.3) is 26.7 Å². The minimum Gasteiger partial charge on any atom is -0.348 e. The minimum atomic E-state index is 0.242. The van der Waals surface area contributed by atoms with E-state index in [9.17, 15) is 5.26 Å². The van der Waals surface area contributed by atoms with E-state index in [0.717, 1.165) is 37.8 Å². The van der Waals surface area contributed by atoms with Gasteiger partial charge in [0, 0.05) is 46.8 Å². The Kier molecular flexibility index (Phi) is 6.97. The van der Waals surface area contributed by atoms with Crippen molar-refractivity contribution in [3.63, 3.8) is 0 Å². The fourth-order valence-corrected chi connectivity index (χ4v) is 5.92. The zero-order valence-corrected chi connectivity index (χ0v) is 21.4. The molecule has 1 heterocycles. The van der Waals surface area contributed by atoms with Crippen molar-refractivity contribution >= 4 is 27.5 Å². The molecular weight excluding hydrogens is 440 g/mol. The molecule has 0 N–H and O–H groups in total. The lowest BCUT2D eigenvalue weighted by molar-refractivity contribution is 0.495. The predicted molar refractivity (Wildman–Crippen MR) is 149 cm³/mol. The van der Waals surface area contributed by atoms with Gasteiger partial charge in [-0.15, -0.1) is 0 Å². The van der Waals surface area contributed by atoms with Crippen molar-refractivity contribution in [2.75, 3.05) is 11.9 Å². The van der Waals surface area contributed by atoms with Gasteiger partial charge < -0.3 is 9.47 Å². The molecule has 2 aromatic carbocycles. The van der Waals surface area contributed by atoms with Crippen LogP contribution in [-0.2, 0) is 6.54 Å². The third kappa shape index (κ3) is 4.45. The topological polar surface area (TPSA) is 36.3 Å². The fourth-order valence-electron chi connectivity index (χ4n) is 5.92. The number of nitriles is 1. The summed E-state index contributed by atoms with van der Waals surface area (Å²) in [6.07, 6.45) is 13.5. The van der Waals surface area contributed by atoms with E-state index in [0.29, 0.717) is 5.92 Å². The largest absolute Gasteiger partial charge is 0.348 e. The molecule has 1 atom stereocenters. The van der Waals surface area contributed by atoms with Crippen molar-refractivity contribution in [2.24, 2.45) is 5.92 Å². The number of aromatic nitrogens is 1. The van der Waals surface area contributed by atoms with E-state index in [-0.39, 0.29) is 5.70 Å². The summed E-state index contributed by atoms with van der Waals surface area (Å²) in [6, 6.07) is 17.8. The number of hydrogen-bond acceptors (Lipinski definition) is 2. The van der Waals surface area contributed by atoms with Crippen LogP contribution in [0.1, 0.15) is 58.3 Å². The Morgan fingerprint density at radius 3 is 2.67 bits per heavy atom. The maximum Gasteiger partial charge on any atom is 0.265 e. The van der Waals surface area contributed by atoms with Gasteiger partial charge in [-0.25, -0.2) is 10.1 Å². The van der Waals surface area contributed by atoms with Gasteiger partial charge in [0.1, 0.15) is 0 Å². The number of para-hydroxylation sites is 1. The van der Waals surface area contributed by atoms with Gasteiger partial charge in [-0.1, -0.05) is 50.5 Å². The average Bonchev–Trinajstić information content (AvgIpc) is 3.24. The van der Waals surface area contributed by atoms with Gasteiger partial charge in [-0.05, 0) is 79.5 Å². The Labute approximate surface area is 214 Å². The Hall–Kier alpha value is -3.76. The molecule has 0 saturated heterocycles. The lowest BCUT2D eigenvalue weighted by Gasteiger charge is -2.33. The molecule has 0 amide bonds. The number of hydrogen-bond donors (Lipinski definition) is 0. The monoisotopic (exact) mass is 474 g/mol. The third-order valence-electron chi connectivity index (χ3n) is 7.99. The number of aryl methyl sites for hydroxylation is 1. The summed E-state index contributed by atoms with van der Waals surface area (Å²) in [6.45, 7) is 10.6. The van der Waals surface area contributed by atoms with Gasteiger partial charge in [-0.2, -0.15) is 0 Å². The summed E-state index contributed by atoms with van der Waals surface area (Å²) in [5, 5.41) is 12.0. The fraction of sp³-hybridized carbons (Fsp3) is 0.375. The average molecular weight is 475 g/mol. The van der Waals surface area contributed by atoms with E-state index < -0.39 is 0 Å². The van der Waals surface area contributed by atoms with Crippen LogP contribution in [0.15, 0.2) is 77.2 Å². The maximum atomic E-state index is 9.32. The van der Waals surface area contributed by atoms with Crippen molar-refractivity contribution in [1.82, 2.24) is 4.57 Å². The first-order valence-electron chi connectivity index (χ1n) is 13.3. The van der Waals surface area contributed by atoms with Crippen LogP contribution in [0.5, 0.6) is 0 Å². The highest BCUT2D eigenvalue weighted by Crippen LogP contribution is 2.40. The van der Waals surface area contributed by atoms with Crippen LogP contribution < -0.4 is 4.90 Å². The van der Waals surface area contributed by atoms with Crippen LogP contribution in [0.2, 0.25) is 0 Å². The number of nitrogens with zero attached hydrogens (tertiary/aromatic N) is 4. The predicted octanol–water partition coefficient (Wildman–Crippen LogP) is 8.52. The zero-order chi connectivity index (χ0) is 25.1. The van der Waals surface area contributed by atoms with E-state index in [1.807, 2.05) is 0 Å². The second-order valence-corrected chi connectivity index (χ2v) is 10.1. The first kappa shape index (κ1) is 24.0. The zero-order valence-electron chi connectivity index (χ0n) is 21.4. The molecule has 0 saturated carbocycles. The molecule has 36 heavy (non-hydrogen) atoms. The molecular formula is C32H34N4. The molecule has 3 aromatic rings. The lowest BCUT2D eigenvalue weighted by Crippen LogP contribution is -2.22. The van der Waals surface area contributed by atoms with Gasteiger partial charge >= 0.3 is 0 Å². The van der Waals surface area contributed by atoms with Crippen LogP contribution in [0.4, 0.5) is 5.69 Å². The Balaban J connectivity index is 1.49. The Morgan fingerprint density at radius 2 is 1.86 bits per heavy atom. The molecule has 182 valence electrons. The Morgan fingerprint density at radius 1 is 1.06 bits per heavy atom. The van der Waals surface area contributed by atoms with Gasteiger partial charge in [0.15, 0.2) is 0 Å². The van der Waals surface area contributed by atoms with Crippen molar-refractivity contribution in [3.8, 4) is 6.07 Å². The molecule has 4 heteroatoms. The van der Waals surface area contributed by atoms with Crippen LogP contribution in [0.3, 0.4) is 0 Å². The smallest absolute Gasteiger partial charge is 0.265 e. The van der Waals surface area contributed by atoms with E-state index >= 15 is 0 Å². The summed E-state index contributed by atoms with van der Waals surface area (Å²) in [5.74, 6) is 0.532. The first-order chi connectivity index (χ1) is 17.6. The van der Waals surface area contributed by atoms with Crippen LogP contribution >= 0.6 is 0 Å². The number of unbranched alkanes of at least 4 members (excludes halogenated alkanes) is 3. The van der Waals surface area contributed by atoms with E-state index in [2.05, 4.69) is 89.0 Å². The molecule has 2 aliphatic carbocycles. The molecule has 0 aliphatic heterocycles. The highest BCUT2D eigenvalue weighted by Gasteiger charge is 2.26. The molecule has 5 rings (SSSR count). The molecule has 0 fully saturated rings. The number of fused-ring (bicyclic) bond motifs is 4. The van der Waals surface area contributed by atoms with Gasteiger partial charge in [0.25, 0.3) is 5.70 Å². The molecule has 0 bridgehead atoms. The summed E-state index contributed by atoms with van der Waals surface area (Å²) >= 11 is 0. The first-order valence-corrected chi connectivity index (χ1v) is 13.3. The van der Waals surface area contributed by atoms with Gasteiger partial charge in [-0.3, -0.25) is 0 Å². The quantitative estimate of drug-likeness (QED) is 0.195. The Bertz CT molecular complexity index is 1450. The van der Waals surface area contributed by atoms with Crippen LogP contribution in [-0.4, -0.2) is 11.6 Å². The summed E-state index contributed by atoms with van der Waals surface area (Å²) in [5.41, 5.74) is 7.54. The number of benzene rings is 2. The van der Waals surface area contributed by atoms with Crippen molar-refractivity contribution in [3.05, 3.63) is 88.6 Å². The minimum absolute atomic E-state index is 0.242. The van der Waals surface area contributed by atoms with Gasteiger partial charge in [0.2, 0.25) is 0 Å². The van der Waals surface area contributed by atoms with Crippen molar-refractivity contribution < 1.29 is 0 Å². The second kappa shape index (κ2) is 10.5. The highest BCUT2D eigenvalue weighted by molar-refractivity contribution is 6.09. The molecule has 0 radical (unpaired) electrons. The molecule has 1 unspecified atom stereocenters. The number of allylic oxidation sites excluding steroid dienone is 6. The second-order valence-electron chi connectivity index (χ2n) is 10.1. The lowest BCUT2D eigenvalue weighted by atomic mass is 9.78. The van der Waals surface area contributed by atoms with Gasteiger partial charge in [0.05, 0.1) is 12.6 Å². The maximum absolute atomic E-state index is 9.32. The van der Waals surface area contributed by atoms with Crippen molar-refractivity contribution in [1.29, 1.82) is 5.26 Å². The molecule has 1 aromatic heterocycles. The highest BCUT2D eigenvalue weighted by atomic mass is 15.1.